The molecule has 0 unspecified atom stereocenters. The van der Waals surface area contributed by atoms with Crippen LogP contribution in [-0.4, -0.2) is 19.8 Å². The lowest BCUT2D eigenvalue weighted by Gasteiger charge is -2.18. The second-order valence-corrected chi connectivity index (χ2v) is 6.40. The van der Waals surface area contributed by atoms with Crippen LogP contribution < -0.4 is 32.8 Å². The molecule has 2 heterocycles. The van der Waals surface area contributed by atoms with Gasteiger partial charge in [0, 0.05) is 12.1 Å². The molecule has 0 bridgehead atoms. The summed E-state index contributed by atoms with van der Waals surface area (Å²) in [7, 11) is -4.94. The fourth-order valence-corrected chi connectivity index (χ4v) is 2.72. The van der Waals surface area contributed by atoms with Crippen molar-refractivity contribution in [2.75, 3.05) is 19.8 Å². The number of benzene rings is 2. The average molecular weight is 409 g/mol. The van der Waals surface area contributed by atoms with Gasteiger partial charge in [-0.1, -0.05) is 12.1 Å². The molecule has 0 amide bonds. The van der Waals surface area contributed by atoms with Crippen LogP contribution in [0.25, 0.3) is 22.3 Å². The van der Waals surface area contributed by atoms with E-state index in [0.717, 1.165) is 39.5 Å². The van der Waals surface area contributed by atoms with Crippen LogP contribution in [-0.2, 0) is 0 Å². The maximum Gasteiger partial charge on any atom is 0.364 e. The molecule has 1 aromatic heterocycles. The molecule has 28 heavy (non-hydrogen) atoms. The Labute approximate surface area is 162 Å². The fraction of sp³-hybridized carbons (Fsp3) is 0.211. The number of fused-ring (bicyclic) bond motifs is 2. The minimum atomic E-state index is -4.94. The van der Waals surface area contributed by atoms with Crippen molar-refractivity contribution in [3.8, 4) is 28.6 Å². The minimum Gasteiger partial charge on any atom is -0.493 e. The van der Waals surface area contributed by atoms with Crippen LogP contribution in [0.2, 0.25) is 0 Å². The summed E-state index contributed by atoms with van der Waals surface area (Å²) in [4.78, 5) is 0. The van der Waals surface area contributed by atoms with Gasteiger partial charge >= 0.3 is 11.3 Å². The topological polar surface area (TPSA) is 131 Å². The zero-order valence-electron chi connectivity index (χ0n) is 14.9. The maximum absolute atomic E-state index is 8.49. The molecule has 9 heteroatoms. The Morgan fingerprint density at radius 1 is 0.964 bits per heavy atom. The Kier molecular flexibility index (Phi) is 6.18. The Morgan fingerprint density at radius 2 is 1.64 bits per heavy atom. The molecule has 0 N–H and O–H groups in total. The molecule has 0 spiro atoms. The molecule has 148 valence electrons. The number of ether oxygens (including phenoxy) is 3. The number of hydrogen-bond acceptors (Lipinski definition) is 7. The van der Waals surface area contributed by atoms with Crippen LogP contribution in [0.3, 0.4) is 0 Å². The lowest BCUT2D eigenvalue weighted by molar-refractivity contribution is -2.00. The fourth-order valence-electron chi connectivity index (χ4n) is 2.72. The predicted molar refractivity (Wildman–Crippen MR) is 88.2 cm³/mol. The number of rotatable bonds is 3. The van der Waals surface area contributed by atoms with Gasteiger partial charge in [0.25, 0.3) is 0 Å². The molecule has 0 saturated heterocycles. The lowest BCUT2D eigenvalue weighted by Crippen LogP contribution is -2.68. The standard InChI is InChI=1S/C19H17O4.ClHO4/c1-2-20-18-12-17(23-15-6-4-3-5-14(15)18)13-7-8-16-19(11-13)22-10-9-21-16;2-1(3,4)5/h3-8,11-12H,2,9-10H2,1H3;(H,2,3,4,5)/q+1;/p-1. The maximum atomic E-state index is 8.49. The van der Waals surface area contributed by atoms with E-state index in [1.807, 2.05) is 55.5 Å². The Bertz CT molecular complexity index is 948. The zero-order chi connectivity index (χ0) is 20.1. The van der Waals surface area contributed by atoms with E-state index in [2.05, 4.69) is 0 Å². The van der Waals surface area contributed by atoms with Gasteiger partial charge in [-0.05, 0) is 25.1 Å². The molecule has 0 aliphatic carbocycles. The highest BCUT2D eigenvalue weighted by atomic mass is 35.7. The molecule has 0 atom stereocenters. The number of halogens is 1. The van der Waals surface area contributed by atoms with Crippen LogP contribution in [0.4, 0.5) is 0 Å². The molecule has 0 saturated carbocycles. The van der Waals surface area contributed by atoms with Gasteiger partial charge in [0.1, 0.15) is 24.3 Å². The van der Waals surface area contributed by atoms with Crippen molar-refractivity contribution in [1.82, 2.24) is 0 Å². The largest absolute Gasteiger partial charge is 0.493 e. The van der Waals surface area contributed by atoms with E-state index in [9.17, 15) is 0 Å². The highest BCUT2D eigenvalue weighted by Gasteiger charge is 2.22. The molecule has 2 aromatic carbocycles. The lowest BCUT2D eigenvalue weighted by atomic mass is 10.1. The molecule has 1 aliphatic rings. The Morgan fingerprint density at radius 3 is 2.36 bits per heavy atom. The van der Waals surface area contributed by atoms with Gasteiger partial charge in [0.05, 0.1) is 18.2 Å². The van der Waals surface area contributed by atoms with Gasteiger partial charge in [0.2, 0.25) is 0 Å². The van der Waals surface area contributed by atoms with E-state index >= 15 is 0 Å². The summed E-state index contributed by atoms with van der Waals surface area (Å²) < 4.78 is 57.0. The van der Waals surface area contributed by atoms with E-state index in [1.54, 1.807) is 0 Å². The molecular weight excluding hydrogens is 392 g/mol. The molecule has 3 aromatic rings. The zero-order valence-corrected chi connectivity index (χ0v) is 15.6. The first kappa shape index (κ1) is 20.1. The van der Waals surface area contributed by atoms with Crippen molar-refractivity contribution >= 4 is 11.0 Å². The molecule has 1 aliphatic heterocycles. The summed E-state index contributed by atoms with van der Waals surface area (Å²) in [6.45, 7) is 3.73. The first-order chi connectivity index (χ1) is 13.3. The van der Waals surface area contributed by atoms with Crippen LogP contribution in [0, 0.1) is 10.2 Å². The minimum absolute atomic E-state index is 0.565. The number of hydrogen-bond donors (Lipinski definition) is 0. The summed E-state index contributed by atoms with van der Waals surface area (Å²) in [5.41, 5.74) is 1.73. The van der Waals surface area contributed by atoms with Crippen molar-refractivity contribution in [3.05, 3.63) is 48.5 Å². The first-order valence-electron chi connectivity index (χ1n) is 8.35. The average Bonchev–Trinajstić information content (AvgIpc) is 2.66. The quantitative estimate of drug-likeness (QED) is 0.544. The van der Waals surface area contributed by atoms with Gasteiger partial charge in [-0.3, -0.25) is 0 Å². The second kappa shape index (κ2) is 8.59. The third-order valence-corrected chi connectivity index (χ3v) is 3.76. The highest BCUT2D eigenvalue weighted by molar-refractivity contribution is 5.85. The smallest absolute Gasteiger partial charge is 0.364 e. The molecular formula is C19H17ClO8. The van der Waals surface area contributed by atoms with Crippen molar-refractivity contribution in [1.29, 1.82) is 0 Å². The third-order valence-electron chi connectivity index (χ3n) is 3.76. The van der Waals surface area contributed by atoms with Crippen LogP contribution in [0.1, 0.15) is 6.92 Å². The van der Waals surface area contributed by atoms with Gasteiger partial charge < -0.3 is 14.2 Å². The number of para-hydroxylation sites is 1. The van der Waals surface area contributed by atoms with Crippen LogP contribution in [0.5, 0.6) is 17.2 Å². The van der Waals surface area contributed by atoms with Crippen LogP contribution in [0.15, 0.2) is 52.9 Å². The van der Waals surface area contributed by atoms with Crippen molar-refractivity contribution in [2.45, 2.75) is 6.92 Å². The summed E-state index contributed by atoms with van der Waals surface area (Å²) in [5, 5.41) is 0.968. The van der Waals surface area contributed by atoms with Crippen molar-refractivity contribution in [3.63, 3.8) is 0 Å². The molecule has 4 rings (SSSR count). The summed E-state index contributed by atoms with van der Waals surface area (Å²) >= 11 is 0. The third kappa shape index (κ3) is 5.22. The summed E-state index contributed by atoms with van der Waals surface area (Å²) in [6.07, 6.45) is 0. The summed E-state index contributed by atoms with van der Waals surface area (Å²) in [5.74, 6) is 3.07. The first-order valence-corrected chi connectivity index (χ1v) is 9.59. The van der Waals surface area contributed by atoms with E-state index < -0.39 is 10.2 Å². The predicted octanol–water partition coefficient (Wildman–Crippen LogP) is -0.205. The van der Waals surface area contributed by atoms with E-state index in [4.69, 9.17) is 37.3 Å². The normalized spacial score (nSPS) is 12.9. The van der Waals surface area contributed by atoms with Gasteiger partial charge in [-0.15, -0.1) is 10.2 Å². The monoisotopic (exact) mass is 408 g/mol. The van der Waals surface area contributed by atoms with E-state index in [1.165, 1.54) is 0 Å². The SMILES string of the molecule is CCOc1cc(-c2ccc3c(c2)OCCO3)[o+]c2ccccc12.[O-][Cl+3]([O-])([O-])[O-]. The Balaban J connectivity index is 0.000000403. The van der Waals surface area contributed by atoms with Gasteiger partial charge in [-0.25, -0.2) is 23.1 Å². The highest BCUT2D eigenvalue weighted by Crippen LogP contribution is 2.37. The van der Waals surface area contributed by atoms with E-state index in [0.29, 0.717) is 19.8 Å². The second-order valence-electron chi connectivity index (χ2n) is 5.64. The van der Waals surface area contributed by atoms with Crippen LogP contribution >= 0.6 is 0 Å². The molecule has 0 fully saturated rings. The van der Waals surface area contributed by atoms with Crippen molar-refractivity contribution in [2.24, 2.45) is 0 Å². The van der Waals surface area contributed by atoms with E-state index in [-0.39, 0.29) is 0 Å². The molecule has 8 nitrogen and oxygen atoms in total. The summed E-state index contributed by atoms with van der Waals surface area (Å²) in [6, 6.07) is 15.6. The van der Waals surface area contributed by atoms with Gasteiger partial charge in [0.15, 0.2) is 11.5 Å². The van der Waals surface area contributed by atoms with Crippen molar-refractivity contribution < 1.29 is 47.5 Å². The van der Waals surface area contributed by atoms with Gasteiger partial charge in [-0.2, -0.15) is 0 Å². The Hall–Kier alpha value is -2.62. The molecule has 0 radical (unpaired) electrons.